The van der Waals surface area contributed by atoms with Crippen LogP contribution >= 0.6 is 0 Å². The topological polar surface area (TPSA) is 61.8 Å². The van der Waals surface area contributed by atoms with E-state index < -0.39 is 6.10 Å². The van der Waals surface area contributed by atoms with Crippen molar-refractivity contribution in [2.75, 3.05) is 19.8 Å². The highest BCUT2D eigenvalue weighted by atomic mass is 16.6. The third kappa shape index (κ3) is 33.5. The van der Waals surface area contributed by atoms with Crippen LogP contribution in [-0.4, -0.2) is 37.9 Å². The molecule has 0 amide bonds. The SMILES string of the molecule is CCCCCC/C=C\CCCCCCCC(=O)OCC(COCCCCCCCCCC)OC(=O)CCCCCCCCC. The number of ether oxygens (including phenoxy) is 3. The van der Waals surface area contributed by atoms with Crippen molar-refractivity contribution in [1.82, 2.24) is 0 Å². The lowest BCUT2D eigenvalue weighted by molar-refractivity contribution is -0.163. The maximum Gasteiger partial charge on any atom is 0.306 e. The van der Waals surface area contributed by atoms with E-state index in [2.05, 4.69) is 32.9 Å². The van der Waals surface area contributed by atoms with Gasteiger partial charge in [0.15, 0.2) is 6.10 Å². The summed E-state index contributed by atoms with van der Waals surface area (Å²) in [7, 11) is 0. The van der Waals surface area contributed by atoms with Crippen LogP contribution in [0.3, 0.4) is 0 Å². The highest BCUT2D eigenvalue weighted by molar-refractivity contribution is 5.70. The van der Waals surface area contributed by atoms with Gasteiger partial charge in [-0.3, -0.25) is 9.59 Å². The molecule has 0 aliphatic rings. The fourth-order valence-electron chi connectivity index (χ4n) is 5.38. The third-order valence-corrected chi connectivity index (χ3v) is 8.30. The maximum absolute atomic E-state index is 12.5. The summed E-state index contributed by atoms with van der Waals surface area (Å²) in [5.41, 5.74) is 0. The van der Waals surface area contributed by atoms with Crippen LogP contribution in [0.15, 0.2) is 12.2 Å². The molecule has 1 unspecified atom stereocenters. The van der Waals surface area contributed by atoms with Crippen molar-refractivity contribution >= 4 is 11.9 Å². The van der Waals surface area contributed by atoms with Crippen molar-refractivity contribution in [3.8, 4) is 0 Å². The summed E-state index contributed by atoms with van der Waals surface area (Å²) in [6, 6.07) is 0. The summed E-state index contributed by atoms with van der Waals surface area (Å²) in [5.74, 6) is -0.408. The number of hydrogen-bond donors (Lipinski definition) is 0. The molecule has 0 aromatic heterocycles. The molecular formula is C39H74O5. The molecule has 0 aliphatic carbocycles. The van der Waals surface area contributed by atoms with E-state index in [1.54, 1.807) is 0 Å². The van der Waals surface area contributed by atoms with Crippen molar-refractivity contribution in [3.05, 3.63) is 12.2 Å². The lowest BCUT2D eigenvalue weighted by Gasteiger charge is -2.18. The summed E-state index contributed by atoms with van der Waals surface area (Å²) in [4.78, 5) is 24.9. The minimum absolute atomic E-state index is 0.0871. The van der Waals surface area contributed by atoms with Gasteiger partial charge in [0, 0.05) is 19.4 Å². The molecule has 0 spiro atoms. The zero-order valence-electron chi connectivity index (χ0n) is 29.7. The number of hydrogen-bond acceptors (Lipinski definition) is 5. The summed E-state index contributed by atoms with van der Waals surface area (Å²) in [6.07, 6.45) is 36.3. The van der Waals surface area contributed by atoms with Gasteiger partial charge >= 0.3 is 11.9 Å². The number of allylic oxidation sites excluding steroid dienone is 2. The molecule has 0 radical (unpaired) electrons. The van der Waals surface area contributed by atoms with Gasteiger partial charge in [-0.2, -0.15) is 0 Å². The predicted molar refractivity (Wildman–Crippen MR) is 187 cm³/mol. The second-order valence-electron chi connectivity index (χ2n) is 12.8. The quantitative estimate of drug-likeness (QED) is 0.0400. The number of carbonyl (C=O) groups is 2. The first kappa shape index (κ1) is 42.6. The van der Waals surface area contributed by atoms with Gasteiger partial charge in [-0.25, -0.2) is 0 Å². The third-order valence-electron chi connectivity index (χ3n) is 8.30. The fraction of sp³-hybridized carbons (Fsp3) is 0.897. The van der Waals surface area contributed by atoms with Gasteiger partial charge in [0.2, 0.25) is 0 Å². The summed E-state index contributed by atoms with van der Waals surface area (Å²) < 4.78 is 17.1. The van der Waals surface area contributed by atoms with Gasteiger partial charge in [0.1, 0.15) is 6.61 Å². The van der Waals surface area contributed by atoms with E-state index in [9.17, 15) is 9.59 Å². The Labute approximate surface area is 274 Å². The Morgan fingerprint density at radius 3 is 1.41 bits per heavy atom. The molecular weight excluding hydrogens is 548 g/mol. The average molecular weight is 623 g/mol. The number of rotatable bonds is 35. The van der Waals surface area contributed by atoms with Gasteiger partial charge in [-0.15, -0.1) is 0 Å². The summed E-state index contributed by atoms with van der Waals surface area (Å²) >= 11 is 0. The highest BCUT2D eigenvalue weighted by Gasteiger charge is 2.17. The molecule has 0 heterocycles. The monoisotopic (exact) mass is 623 g/mol. The number of unbranched alkanes of at least 4 members (excludes halogenated alkanes) is 22. The van der Waals surface area contributed by atoms with Crippen LogP contribution in [0.4, 0.5) is 0 Å². The van der Waals surface area contributed by atoms with Crippen LogP contribution in [0.2, 0.25) is 0 Å². The van der Waals surface area contributed by atoms with E-state index in [0.29, 0.717) is 26.1 Å². The van der Waals surface area contributed by atoms with Crippen molar-refractivity contribution in [1.29, 1.82) is 0 Å². The van der Waals surface area contributed by atoms with Gasteiger partial charge in [0.25, 0.3) is 0 Å². The average Bonchev–Trinajstić information content (AvgIpc) is 3.02. The predicted octanol–water partition coefficient (Wildman–Crippen LogP) is 12.0. The molecule has 1 atom stereocenters. The largest absolute Gasteiger partial charge is 0.462 e. The van der Waals surface area contributed by atoms with Crippen LogP contribution in [0.5, 0.6) is 0 Å². The zero-order chi connectivity index (χ0) is 32.2. The van der Waals surface area contributed by atoms with Crippen molar-refractivity contribution in [2.45, 2.75) is 207 Å². The van der Waals surface area contributed by atoms with Gasteiger partial charge in [-0.1, -0.05) is 155 Å². The molecule has 0 saturated heterocycles. The van der Waals surface area contributed by atoms with Crippen LogP contribution in [0.1, 0.15) is 201 Å². The smallest absolute Gasteiger partial charge is 0.306 e. The second kappa shape index (κ2) is 36.1. The first-order valence-corrected chi connectivity index (χ1v) is 19.2. The lowest BCUT2D eigenvalue weighted by atomic mass is 10.1. The molecule has 0 aromatic rings. The van der Waals surface area contributed by atoms with E-state index in [1.165, 1.54) is 122 Å². The normalized spacial score (nSPS) is 12.2. The van der Waals surface area contributed by atoms with Crippen LogP contribution in [0, 0.1) is 0 Å². The molecule has 44 heavy (non-hydrogen) atoms. The Bertz CT molecular complexity index is 632. The first-order chi connectivity index (χ1) is 21.6. The number of esters is 2. The van der Waals surface area contributed by atoms with E-state index in [-0.39, 0.29) is 18.5 Å². The van der Waals surface area contributed by atoms with Gasteiger partial charge in [0.05, 0.1) is 6.61 Å². The molecule has 0 N–H and O–H groups in total. The number of carbonyl (C=O) groups excluding carboxylic acids is 2. The Balaban J connectivity index is 4.16. The van der Waals surface area contributed by atoms with Crippen molar-refractivity contribution in [3.63, 3.8) is 0 Å². The molecule has 5 heteroatoms. The highest BCUT2D eigenvalue weighted by Crippen LogP contribution is 2.12. The fourth-order valence-corrected chi connectivity index (χ4v) is 5.38. The van der Waals surface area contributed by atoms with Crippen LogP contribution in [-0.2, 0) is 23.8 Å². The van der Waals surface area contributed by atoms with E-state index in [0.717, 1.165) is 44.9 Å². The van der Waals surface area contributed by atoms with E-state index >= 15 is 0 Å². The molecule has 0 fully saturated rings. The zero-order valence-corrected chi connectivity index (χ0v) is 29.7. The molecule has 0 aliphatic heterocycles. The Morgan fingerprint density at radius 2 is 0.886 bits per heavy atom. The van der Waals surface area contributed by atoms with Crippen LogP contribution in [0.25, 0.3) is 0 Å². The molecule has 0 saturated carbocycles. The minimum Gasteiger partial charge on any atom is -0.462 e. The van der Waals surface area contributed by atoms with Crippen molar-refractivity contribution < 1.29 is 23.8 Å². The first-order valence-electron chi connectivity index (χ1n) is 19.2. The van der Waals surface area contributed by atoms with Crippen molar-refractivity contribution in [2.24, 2.45) is 0 Å². The molecule has 260 valence electrons. The van der Waals surface area contributed by atoms with Crippen LogP contribution < -0.4 is 0 Å². The molecule has 0 rings (SSSR count). The standard InChI is InChI=1S/C39H74O5/c1-4-7-10-13-16-18-19-20-21-22-24-26-29-32-38(40)43-36-37(35-42-34-31-28-25-17-14-11-8-5-2)44-39(41)33-30-27-23-15-12-9-6-3/h18-19,37H,4-17,20-36H2,1-3H3/b19-18-. The van der Waals surface area contributed by atoms with Gasteiger partial charge in [-0.05, 0) is 44.9 Å². The minimum atomic E-state index is -0.523. The van der Waals surface area contributed by atoms with E-state index in [1.807, 2.05) is 0 Å². The van der Waals surface area contributed by atoms with E-state index in [4.69, 9.17) is 14.2 Å². The summed E-state index contributed by atoms with van der Waals surface area (Å²) in [5, 5.41) is 0. The summed E-state index contributed by atoms with van der Waals surface area (Å²) in [6.45, 7) is 7.76. The second-order valence-corrected chi connectivity index (χ2v) is 12.8. The molecule has 0 aromatic carbocycles. The molecule has 5 nitrogen and oxygen atoms in total. The Kier molecular flexibility index (Phi) is 35.0. The van der Waals surface area contributed by atoms with Gasteiger partial charge < -0.3 is 14.2 Å². The Hall–Kier alpha value is -1.36. The molecule has 0 bridgehead atoms. The lowest BCUT2D eigenvalue weighted by Crippen LogP contribution is -2.30. The Morgan fingerprint density at radius 1 is 0.477 bits per heavy atom. The maximum atomic E-state index is 12.5.